The van der Waals surface area contributed by atoms with Crippen molar-refractivity contribution in [2.45, 2.75) is 26.7 Å². The molecule has 1 amide bonds. The molecule has 1 unspecified atom stereocenters. The van der Waals surface area contributed by atoms with Crippen molar-refractivity contribution in [3.63, 3.8) is 0 Å². The zero-order valence-electron chi connectivity index (χ0n) is 12.1. The summed E-state index contributed by atoms with van der Waals surface area (Å²) in [6.07, 6.45) is 2.33. The van der Waals surface area contributed by atoms with Crippen molar-refractivity contribution in [2.75, 3.05) is 13.1 Å². The van der Waals surface area contributed by atoms with E-state index in [0.29, 0.717) is 5.92 Å². The van der Waals surface area contributed by atoms with Gasteiger partial charge in [-0.3, -0.25) is 9.78 Å². The predicted molar refractivity (Wildman–Crippen MR) is 80.8 cm³/mol. The number of para-hydroxylation sites is 1. The third-order valence-corrected chi connectivity index (χ3v) is 4.02. The lowest BCUT2D eigenvalue weighted by Crippen LogP contribution is -2.39. The molecule has 1 aromatic carbocycles. The Bertz CT molecular complexity index is 650. The smallest absolute Gasteiger partial charge is 0.254 e. The Balaban J connectivity index is 2.02. The van der Waals surface area contributed by atoms with Crippen LogP contribution in [0, 0.1) is 12.8 Å². The minimum atomic E-state index is 0.151. The highest BCUT2D eigenvalue weighted by Gasteiger charge is 2.23. The van der Waals surface area contributed by atoms with Crippen LogP contribution in [0.25, 0.3) is 10.9 Å². The van der Waals surface area contributed by atoms with Crippen LogP contribution in [-0.2, 0) is 0 Å². The van der Waals surface area contributed by atoms with E-state index >= 15 is 0 Å². The highest BCUT2D eigenvalue weighted by atomic mass is 16.2. The zero-order chi connectivity index (χ0) is 14.1. The maximum Gasteiger partial charge on any atom is 0.254 e. The summed E-state index contributed by atoms with van der Waals surface area (Å²) in [6.45, 7) is 5.91. The number of pyridine rings is 1. The first-order chi connectivity index (χ1) is 9.65. The van der Waals surface area contributed by atoms with Crippen molar-refractivity contribution in [1.29, 1.82) is 0 Å². The van der Waals surface area contributed by atoms with E-state index in [9.17, 15) is 4.79 Å². The van der Waals surface area contributed by atoms with Crippen LogP contribution in [-0.4, -0.2) is 28.9 Å². The average molecular weight is 268 g/mol. The van der Waals surface area contributed by atoms with Crippen molar-refractivity contribution in [3.8, 4) is 0 Å². The number of nitrogens with zero attached hydrogens (tertiary/aromatic N) is 2. The van der Waals surface area contributed by atoms with Gasteiger partial charge in [-0.2, -0.15) is 0 Å². The van der Waals surface area contributed by atoms with Gasteiger partial charge in [0.15, 0.2) is 0 Å². The molecule has 0 radical (unpaired) electrons. The first-order valence-electron chi connectivity index (χ1n) is 7.31. The molecular weight excluding hydrogens is 248 g/mol. The van der Waals surface area contributed by atoms with Crippen molar-refractivity contribution < 1.29 is 4.79 Å². The van der Waals surface area contributed by atoms with Gasteiger partial charge in [-0.1, -0.05) is 25.1 Å². The summed E-state index contributed by atoms with van der Waals surface area (Å²) in [5.41, 5.74) is 2.60. The molecular formula is C17H20N2O. The van der Waals surface area contributed by atoms with Gasteiger partial charge in [0.2, 0.25) is 0 Å². The van der Waals surface area contributed by atoms with E-state index < -0.39 is 0 Å². The summed E-state index contributed by atoms with van der Waals surface area (Å²) >= 11 is 0. The lowest BCUT2D eigenvalue weighted by molar-refractivity contribution is 0.0685. The van der Waals surface area contributed by atoms with Crippen molar-refractivity contribution >= 4 is 16.8 Å². The van der Waals surface area contributed by atoms with Crippen LogP contribution in [0.5, 0.6) is 0 Å². The summed E-state index contributed by atoms with van der Waals surface area (Å²) in [4.78, 5) is 19.3. The first kappa shape index (κ1) is 13.1. The fourth-order valence-corrected chi connectivity index (χ4v) is 3.03. The number of hydrogen-bond donors (Lipinski definition) is 0. The maximum absolute atomic E-state index is 12.8. The standard InChI is InChI=1S/C17H20N2O/c1-12-6-5-9-19(11-12)17(20)15-10-13(2)18-16-8-4-3-7-14(15)16/h3-4,7-8,10,12H,5-6,9,11H2,1-2H3. The van der Waals surface area contributed by atoms with Gasteiger partial charge < -0.3 is 4.90 Å². The number of carbonyl (C=O) groups excluding carboxylic acids is 1. The van der Waals surface area contributed by atoms with Crippen LogP contribution in [0.15, 0.2) is 30.3 Å². The van der Waals surface area contributed by atoms with Crippen LogP contribution >= 0.6 is 0 Å². The molecule has 2 heterocycles. The Morgan fingerprint density at radius 1 is 1.35 bits per heavy atom. The number of amides is 1. The molecule has 3 rings (SSSR count). The van der Waals surface area contributed by atoms with Gasteiger partial charge >= 0.3 is 0 Å². The van der Waals surface area contributed by atoms with Gasteiger partial charge in [-0.25, -0.2) is 0 Å². The molecule has 0 N–H and O–H groups in total. The number of likely N-dealkylation sites (tertiary alicyclic amines) is 1. The monoisotopic (exact) mass is 268 g/mol. The SMILES string of the molecule is Cc1cc(C(=O)N2CCCC(C)C2)c2ccccc2n1. The fourth-order valence-electron chi connectivity index (χ4n) is 3.03. The second kappa shape index (κ2) is 5.23. The topological polar surface area (TPSA) is 33.2 Å². The summed E-state index contributed by atoms with van der Waals surface area (Å²) in [7, 11) is 0. The van der Waals surface area contributed by atoms with Crippen LogP contribution in [0.4, 0.5) is 0 Å². The van der Waals surface area contributed by atoms with Gasteiger partial charge in [0.1, 0.15) is 0 Å². The average Bonchev–Trinajstić information content (AvgIpc) is 2.45. The van der Waals surface area contributed by atoms with Crippen LogP contribution in [0.1, 0.15) is 35.8 Å². The number of rotatable bonds is 1. The third kappa shape index (κ3) is 2.40. The second-order valence-electron chi connectivity index (χ2n) is 5.83. The molecule has 1 aliphatic heterocycles. The van der Waals surface area contributed by atoms with E-state index in [-0.39, 0.29) is 5.91 Å². The fraction of sp³-hybridized carbons (Fsp3) is 0.412. The van der Waals surface area contributed by atoms with Crippen LogP contribution in [0.2, 0.25) is 0 Å². The normalized spacial score (nSPS) is 19.3. The van der Waals surface area contributed by atoms with Crippen molar-refractivity contribution in [2.24, 2.45) is 5.92 Å². The van der Waals surface area contributed by atoms with E-state index in [2.05, 4.69) is 11.9 Å². The molecule has 0 spiro atoms. The molecule has 0 saturated carbocycles. The molecule has 1 fully saturated rings. The van der Waals surface area contributed by atoms with E-state index in [1.807, 2.05) is 42.2 Å². The Labute approximate surface area is 119 Å². The number of piperidine rings is 1. The number of aryl methyl sites for hydroxylation is 1. The van der Waals surface area contributed by atoms with Crippen LogP contribution in [0.3, 0.4) is 0 Å². The van der Waals surface area contributed by atoms with E-state index in [4.69, 9.17) is 0 Å². The molecule has 2 aromatic rings. The quantitative estimate of drug-likeness (QED) is 0.794. The summed E-state index contributed by atoms with van der Waals surface area (Å²) in [5, 5.41) is 0.960. The number of fused-ring (bicyclic) bond motifs is 1. The van der Waals surface area contributed by atoms with E-state index in [0.717, 1.165) is 41.7 Å². The Morgan fingerprint density at radius 2 is 2.15 bits per heavy atom. The minimum Gasteiger partial charge on any atom is -0.338 e. The molecule has 104 valence electrons. The number of aromatic nitrogens is 1. The van der Waals surface area contributed by atoms with Crippen molar-refractivity contribution in [1.82, 2.24) is 9.88 Å². The second-order valence-corrected chi connectivity index (χ2v) is 5.83. The summed E-state index contributed by atoms with van der Waals surface area (Å²) < 4.78 is 0. The number of carbonyl (C=O) groups is 1. The Hall–Kier alpha value is -1.90. The molecule has 20 heavy (non-hydrogen) atoms. The zero-order valence-corrected chi connectivity index (χ0v) is 12.1. The molecule has 0 bridgehead atoms. The van der Waals surface area contributed by atoms with E-state index in [1.165, 1.54) is 6.42 Å². The Morgan fingerprint density at radius 3 is 2.95 bits per heavy atom. The Kier molecular flexibility index (Phi) is 3.43. The summed E-state index contributed by atoms with van der Waals surface area (Å²) in [6, 6.07) is 9.81. The lowest BCUT2D eigenvalue weighted by Gasteiger charge is -2.31. The molecule has 0 aliphatic carbocycles. The molecule has 1 atom stereocenters. The number of benzene rings is 1. The van der Waals surface area contributed by atoms with Gasteiger partial charge in [0.05, 0.1) is 11.1 Å². The van der Waals surface area contributed by atoms with Gasteiger partial charge in [-0.15, -0.1) is 0 Å². The first-order valence-corrected chi connectivity index (χ1v) is 7.31. The van der Waals surface area contributed by atoms with Gasteiger partial charge in [-0.05, 0) is 37.8 Å². The minimum absolute atomic E-state index is 0.151. The highest BCUT2D eigenvalue weighted by Crippen LogP contribution is 2.23. The molecule has 1 saturated heterocycles. The molecule has 1 aromatic heterocycles. The van der Waals surface area contributed by atoms with Gasteiger partial charge in [0.25, 0.3) is 5.91 Å². The predicted octanol–water partition coefficient (Wildman–Crippen LogP) is 3.42. The molecule has 3 nitrogen and oxygen atoms in total. The number of hydrogen-bond acceptors (Lipinski definition) is 2. The van der Waals surface area contributed by atoms with Gasteiger partial charge in [0, 0.05) is 24.2 Å². The molecule has 1 aliphatic rings. The lowest BCUT2D eigenvalue weighted by atomic mass is 9.98. The molecule has 3 heteroatoms. The third-order valence-electron chi connectivity index (χ3n) is 4.02. The van der Waals surface area contributed by atoms with Crippen LogP contribution < -0.4 is 0 Å². The highest BCUT2D eigenvalue weighted by molar-refractivity contribution is 6.06. The largest absolute Gasteiger partial charge is 0.338 e. The van der Waals surface area contributed by atoms with Crippen molar-refractivity contribution in [3.05, 3.63) is 41.6 Å². The maximum atomic E-state index is 12.8. The summed E-state index contributed by atoms with van der Waals surface area (Å²) in [5.74, 6) is 0.750. The van der Waals surface area contributed by atoms with E-state index in [1.54, 1.807) is 0 Å².